The van der Waals surface area contributed by atoms with E-state index in [0.29, 0.717) is 0 Å². The molecule has 0 aliphatic carbocycles. The number of nitrogens with one attached hydrogen (secondary N) is 1. The van der Waals surface area contributed by atoms with Gasteiger partial charge in [-0.15, -0.1) is 0 Å². The average molecular weight is 74.2 g/mol. The normalized spacial score (nSPS) is 45.8. The molecule has 0 radical (unpaired) electrons. The van der Waals surface area contributed by atoms with E-state index in [1.165, 1.54) is 0 Å². The maximum absolute atomic E-state index is 3.07. The summed E-state index contributed by atoms with van der Waals surface area (Å²) in [7, 11) is 2.24. The van der Waals surface area contributed by atoms with E-state index in [1.54, 1.807) is 0 Å². The fourth-order valence-electron chi connectivity index (χ4n) is 0.0707. The lowest BCUT2D eigenvalue weighted by molar-refractivity contribution is 0.669. The minimum absolute atomic E-state index is 0.174. The molecule has 24 valence electrons. The fourth-order valence-corrected chi connectivity index (χ4v) is 0.212. The van der Waals surface area contributed by atoms with Crippen molar-refractivity contribution in [3.8, 4) is 0 Å². The molecule has 1 unspecified atom stereocenters. The zero-order valence-electron chi connectivity index (χ0n) is 2.65. The van der Waals surface area contributed by atoms with Crippen LogP contribution in [0.5, 0.6) is 0 Å². The maximum Gasteiger partial charge on any atom is 0.197 e. The summed E-state index contributed by atoms with van der Waals surface area (Å²) in [5, 5.41) is 3.07. The van der Waals surface area contributed by atoms with Crippen LogP contribution in [0.1, 0.15) is 0 Å². The summed E-state index contributed by atoms with van der Waals surface area (Å²) in [5.41, 5.74) is 0. The molecular weight excluding hydrogens is 68.1 g/mol. The third kappa shape index (κ3) is 0.281. The van der Waals surface area contributed by atoms with Crippen LogP contribution in [0.3, 0.4) is 0 Å². The number of hydrogen-bond acceptors (Lipinski definition) is 2. The lowest BCUT2D eigenvalue weighted by atomic mass is 11.5. The molecule has 0 aromatic heterocycles. The highest BCUT2D eigenvalue weighted by Crippen LogP contribution is 1.75. The van der Waals surface area contributed by atoms with E-state index >= 15 is 0 Å². The van der Waals surface area contributed by atoms with Crippen molar-refractivity contribution >= 4 is 9.84 Å². The van der Waals surface area contributed by atoms with Gasteiger partial charge >= 0.3 is 0 Å². The van der Waals surface area contributed by atoms with Gasteiger partial charge in [0.1, 0.15) is 0 Å². The first-order valence-electron chi connectivity index (χ1n) is 1.34. The summed E-state index contributed by atoms with van der Waals surface area (Å²) in [5.74, 6) is 0. The first-order valence-corrected chi connectivity index (χ1v) is 2.68. The molecule has 1 fully saturated rings. The zero-order valence-corrected chi connectivity index (χ0v) is 4.07. The quantitative estimate of drug-likeness (QED) is 0.277. The van der Waals surface area contributed by atoms with Gasteiger partial charge in [-0.1, -0.05) is 0 Å². The Hall–Kier alpha value is 0.137. The van der Waals surface area contributed by atoms with Crippen molar-refractivity contribution in [1.82, 2.24) is 9.77 Å². The summed E-state index contributed by atoms with van der Waals surface area (Å²) >= 11 is 0. The molecule has 2 nitrogen and oxygen atoms in total. The lowest BCUT2D eigenvalue weighted by Gasteiger charge is -1.66. The van der Waals surface area contributed by atoms with Crippen molar-refractivity contribution in [2.24, 2.45) is 0 Å². The van der Waals surface area contributed by atoms with Crippen molar-refractivity contribution in [3.05, 3.63) is 0 Å². The molecule has 1 N–H and O–H groups in total. The van der Waals surface area contributed by atoms with Gasteiger partial charge in [-0.2, -0.15) is 0 Å². The van der Waals surface area contributed by atoms with E-state index in [9.17, 15) is 0 Å². The number of nitrogens with zero attached hydrogens (tertiary/aromatic N) is 1. The molecule has 1 saturated heterocycles. The van der Waals surface area contributed by atoms with Crippen LogP contribution in [-0.4, -0.2) is 21.6 Å². The Morgan fingerprint density at radius 3 is 2.25 bits per heavy atom. The van der Waals surface area contributed by atoms with Gasteiger partial charge in [0.25, 0.3) is 0 Å². The molecule has 1 heterocycles. The Labute approximate surface area is 27.7 Å². The summed E-state index contributed by atoms with van der Waals surface area (Å²) in [6.45, 7) is 0. The molecule has 3 heteroatoms. The highest BCUT2D eigenvalue weighted by molar-refractivity contribution is 6.37. The van der Waals surface area contributed by atoms with E-state index in [0.717, 1.165) is 0 Å². The molecule has 1 rings (SSSR count). The molecule has 0 amide bonds. The van der Waals surface area contributed by atoms with Crippen molar-refractivity contribution in [2.45, 2.75) is 0 Å². The zero-order chi connectivity index (χ0) is 2.99. The Bertz CT molecular complexity index is 25.2. The molecule has 1 aliphatic heterocycles. The standard InChI is InChI=1S/CH6N2Si/c1-3-2-4-3/h2H,4H2,1H3. The van der Waals surface area contributed by atoms with Crippen LogP contribution in [0, 0.1) is 0 Å². The molecule has 0 bridgehead atoms. The van der Waals surface area contributed by atoms with Gasteiger partial charge in [-0.05, 0) is 7.05 Å². The van der Waals surface area contributed by atoms with Crippen molar-refractivity contribution in [3.63, 3.8) is 0 Å². The van der Waals surface area contributed by atoms with Gasteiger partial charge in [0, 0.05) is 0 Å². The second-order valence-electron chi connectivity index (χ2n) is 1.01. The van der Waals surface area contributed by atoms with Crippen LogP contribution < -0.4 is 5.09 Å². The topological polar surface area (TPSA) is 25.0 Å². The Morgan fingerprint density at radius 1 is 2.00 bits per heavy atom. The smallest absolute Gasteiger partial charge is 0.197 e. The minimum Gasteiger partial charge on any atom is -0.272 e. The second kappa shape index (κ2) is 0.543. The third-order valence-corrected chi connectivity index (χ3v) is 1.42. The highest BCUT2D eigenvalue weighted by atomic mass is 28.2. The molecule has 0 aromatic rings. The van der Waals surface area contributed by atoms with Gasteiger partial charge in [-0.25, -0.2) is 0 Å². The molecule has 1 aliphatic rings. The van der Waals surface area contributed by atoms with E-state index in [-0.39, 0.29) is 9.84 Å². The average Bonchev–Trinajstić information content (AvgIpc) is 1.75. The van der Waals surface area contributed by atoms with Gasteiger partial charge in [0.15, 0.2) is 9.84 Å². The summed E-state index contributed by atoms with van der Waals surface area (Å²) in [6, 6.07) is 0. The summed E-state index contributed by atoms with van der Waals surface area (Å²) in [4.78, 5) is 0. The van der Waals surface area contributed by atoms with Crippen molar-refractivity contribution in [2.75, 3.05) is 7.05 Å². The molecule has 0 spiro atoms. The van der Waals surface area contributed by atoms with E-state index in [1.807, 2.05) is 0 Å². The van der Waals surface area contributed by atoms with Crippen LogP contribution in [0.15, 0.2) is 0 Å². The van der Waals surface area contributed by atoms with Gasteiger partial charge in [-0.3, -0.25) is 9.77 Å². The molecule has 1 atom stereocenters. The second-order valence-corrected chi connectivity index (χ2v) is 2.60. The predicted molar refractivity (Wildman–Crippen MR) is 19.4 cm³/mol. The summed E-state index contributed by atoms with van der Waals surface area (Å²) < 4.78 is 2.14. The minimum atomic E-state index is 0.174. The Kier molecular flexibility index (Phi) is 0.323. The van der Waals surface area contributed by atoms with Crippen molar-refractivity contribution < 1.29 is 0 Å². The highest BCUT2D eigenvalue weighted by Gasteiger charge is 2.06. The molecule has 0 aromatic carbocycles. The predicted octanol–water partition coefficient (Wildman–Crippen LogP) is -1.56. The maximum atomic E-state index is 3.07. The fraction of sp³-hybridized carbons (Fsp3) is 1.00. The van der Waals surface area contributed by atoms with Gasteiger partial charge < -0.3 is 0 Å². The molecule has 4 heavy (non-hydrogen) atoms. The van der Waals surface area contributed by atoms with E-state index in [4.69, 9.17) is 0 Å². The summed E-state index contributed by atoms with van der Waals surface area (Å²) in [6.07, 6.45) is 0. The SMILES string of the molecule is CN1N[SiH2]1. The van der Waals surface area contributed by atoms with Gasteiger partial charge in [0.2, 0.25) is 0 Å². The largest absolute Gasteiger partial charge is 0.272 e. The monoisotopic (exact) mass is 74.0 g/mol. The van der Waals surface area contributed by atoms with E-state index in [2.05, 4.69) is 16.8 Å². The number of rotatable bonds is 0. The van der Waals surface area contributed by atoms with Crippen LogP contribution in [0.25, 0.3) is 0 Å². The molecular formula is CH6N2Si. The lowest BCUT2D eigenvalue weighted by Crippen LogP contribution is -1.84. The number of hydrazine groups is 1. The molecule has 0 saturated carbocycles. The van der Waals surface area contributed by atoms with E-state index < -0.39 is 0 Å². The first-order chi connectivity index (χ1) is 1.89. The van der Waals surface area contributed by atoms with Crippen LogP contribution in [0.2, 0.25) is 0 Å². The van der Waals surface area contributed by atoms with Gasteiger partial charge in [0.05, 0.1) is 0 Å². The first kappa shape index (κ1) is 2.38. The number of hydrogen-bond donors (Lipinski definition) is 1. The third-order valence-electron chi connectivity index (χ3n) is 0.474. The van der Waals surface area contributed by atoms with Crippen LogP contribution >= 0.6 is 0 Å². The Morgan fingerprint density at radius 2 is 2.25 bits per heavy atom. The Balaban J connectivity index is 2.17. The van der Waals surface area contributed by atoms with Crippen LogP contribution in [-0.2, 0) is 0 Å². The van der Waals surface area contributed by atoms with Crippen molar-refractivity contribution in [1.29, 1.82) is 0 Å². The van der Waals surface area contributed by atoms with Crippen LogP contribution in [0.4, 0.5) is 0 Å².